The Labute approximate surface area is 122 Å². The molecule has 5 nitrogen and oxygen atoms in total. The average molecular weight is 279 g/mol. The van der Waals surface area contributed by atoms with Gasteiger partial charge in [-0.3, -0.25) is 14.5 Å². The van der Waals surface area contributed by atoms with Crippen molar-refractivity contribution in [3.8, 4) is 12.1 Å². The van der Waals surface area contributed by atoms with Crippen molar-refractivity contribution in [2.45, 2.75) is 19.8 Å². The third-order valence-electron chi connectivity index (χ3n) is 4.38. The van der Waals surface area contributed by atoms with Crippen molar-refractivity contribution in [1.82, 2.24) is 0 Å². The number of hydrogen-bond donors (Lipinski definition) is 0. The van der Waals surface area contributed by atoms with Gasteiger partial charge in [0.1, 0.15) is 12.1 Å². The molecule has 104 valence electrons. The zero-order valence-electron chi connectivity index (χ0n) is 11.5. The quantitative estimate of drug-likeness (QED) is 0.735. The molecule has 5 heteroatoms. The second-order valence-electron chi connectivity index (χ2n) is 5.75. The van der Waals surface area contributed by atoms with Gasteiger partial charge in [-0.15, -0.1) is 0 Å². The minimum absolute atomic E-state index is 0.178. The van der Waals surface area contributed by atoms with Crippen molar-refractivity contribution in [3.05, 3.63) is 29.3 Å². The van der Waals surface area contributed by atoms with Crippen LogP contribution in [0.3, 0.4) is 0 Å². The van der Waals surface area contributed by atoms with E-state index in [1.54, 1.807) is 6.07 Å². The van der Waals surface area contributed by atoms with E-state index in [0.29, 0.717) is 11.6 Å². The lowest BCUT2D eigenvalue weighted by atomic mass is 10.00. The highest BCUT2D eigenvalue weighted by Crippen LogP contribution is 2.44. The SMILES string of the molecule is CC1CC2C(=O)N(c3ccc(C#N)c(C#N)c3)C(=O)C2C1. The first-order chi connectivity index (χ1) is 10.1. The number of benzene rings is 1. The van der Waals surface area contributed by atoms with Crippen LogP contribution in [-0.2, 0) is 9.59 Å². The predicted octanol–water partition coefficient (Wildman–Crippen LogP) is 1.97. The largest absolute Gasteiger partial charge is 0.274 e. The zero-order chi connectivity index (χ0) is 15.1. The van der Waals surface area contributed by atoms with Gasteiger partial charge in [-0.05, 0) is 37.0 Å². The molecule has 21 heavy (non-hydrogen) atoms. The van der Waals surface area contributed by atoms with Crippen molar-refractivity contribution in [2.75, 3.05) is 4.90 Å². The monoisotopic (exact) mass is 279 g/mol. The van der Waals surface area contributed by atoms with E-state index in [2.05, 4.69) is 6.92 Å². The van der Waals surface area contributed by atoms with E-state index in [4.69, 9.17) is 10.5 Å². The van der Waals surface area contributed by atoms with E-state index >= 15 is 0 Å². The Bertz CT molecular complexity index is 702. The van der Waals surface area contributed by atoms with Crippen LogP contribution < -0.4 is 4.90 Å². The molecule has 2 fully saturated rings. The lowest BCUT2D eigenvalue weighted by molar-refractivity contribution is -0.123. The van der Waals surface area contributed by atoms with E-state index in [1.807, 2.05) is 12.1 Å². The Balaban J connectivity index is 1.99. The number of fused-ring (bicyclic) bond motifs is 1. The molecule has 1 saturated heterocycles. The molecule has 1 saturated carbocycles. The Kier molecular flexibility index (Phi) is 2.99. The van der Waals surface area contributed by atoms with Crippen LogP contribution in [0.25, 0.3) is 0 Å². The molecule has 0 radical (unpaired) electrons. The summed E-state index contributed by atoms with van der Waals surface area (Å²) in [6.45, 7) is 2.05. The van der Waals surface area contributed by atoms with Gasteiger partial charge < -0.3 is 0 Å². The molecule has 1 heterocycles. The Hall–Kier alpha value is -2.66. The van der Waals surface area contributed by atoms with E-state index in [1.165, 1.54) is 17.0 Å². The summed E-state index contributed by atoms with van der Waals surface area (Å²) in [5.74, 6) is -0.418. The van der Waals surface area contributed by atoms with Gasteiger partial charge in [-0.1, -0.05) is 6.92 Å². The standard InChI is InChI=1S/C16H13N3O2/c1-9-4-13-14(5-9)16(21)19(15(13)20)12-3-2-10(7-17)11(6-12)8-18/h2-3,6,9,13-14H,4-5H2,1H3. The topological polar surface area (TPSA) is 85.0 Å². The number of nitriles is 2. The van der Waals surface area contributed by atoms with E-state index < -0.39 is 0 Å². The number of rotatable bonds is 1. The summed E-state index contributed by atoms with van der Waals surface area (Å²) in [5, 5.41) is 18.0. The second-order valence-corrected chi connectivity index (χ2v) is 5.75. The fourth-order valence-corrected chi connectivity index (χ4v) is 3.39. The van der Waals surface area contributed by atoms with Gasteiger partial charge in [0, 0.05) is 0 Å². The van der Waals surface area contributed by atoms with E-state index in [0.717, 1.165) is 12.8 Å². The van der Waals surface area contributed by atoms with Crippen LogP contribution >= 0.6 is 0 Å². The van der Waals surface area contributed by atoms with Crippen molar-refractivity contribution in [1.29, 1.82) is 10.5 Å². The van der Waals surface area contributed by atoms with Crippen LogP contribution in [0, 0.1) is 40.4 Å². The zero-order valence-corrected chi connectivity index (χ0v) is 11.5. The van der Waals surface area contributed by atoms with Crippen LogP contribution in [0.4, 0.5) is 5.69 Å². The molecule has 3 rings (SSSR count). The van der Waals surface area contributed by atoms with Gasteiger partial charge in [0.2, 0.25) is 11.8 Å². The number of amides is 2. The maximum absolute atomic E-state index is 12.5. The third-order valence-corrected chi connectivity index (χ3v) is 4.38. The molecule has 2 unspecified atom stereocenters. The average Bonchev–Trinajstić information content (AvgIpc) is 2.97. The second kappa shape index (κ2) is 4.71. The molecule has 0 bridgehead atoms. The van der Waals surface area contributed by atoms with Gasteiger partial charge >= 0.3 is 0 Å². The molecule has 1 aliphatic carbocycles. The predicted molar refractivity (Wildman–Crippen MR) is 73.7 cm³/mol. The molecule has 0 aromatic heterocycles. The van der Waals surface area contributed by atoms with Gasteiger partial charge in [-0.25, -0.2) is 0 Å². The molecular formula is C16H13N3O2. The van der Waals surface area contributed by atoms with E-state index in [-0.39, 0.29) is 34.8 Å². The Morgan fingerprint density at radius 3 is 2.14 bits per heavy atom. The number of carbonyl (C=O) groups is 2. The molecule has 1 aromatic rings. The minimum Gasteiger partial charge on any atom is -0.274 e. The number of imide groups is 1. The van der Waals surface area contributed by atoms with Crippen LogP contribution in [-0.4, -0.2) is 11.8 Å². The summed E-state index contributed by atoms with van der Waals surface area (Å²) in [5.41, 5.74) is 0.817. The molecular weight excluding hydrogens is 266 g/mol. The van der Waals surface area contributed by atoms with Crippen molar-refractivity contribution >= 4 is 17.5 Å². The summed E-state index contributed by atoms with van der Waals surface area (Å²) < 4.78 is 0. The fraction of sp³-hybridized carbons (Fsp3) is 0.375. The van der Waals surface area contributed by atoms with Gasteiger partial charge in [0.15, 0.2) is 0 Å². The lowest BCUT2D eigenvalue weighted by Gasteiger charge is -2.17. The molecule has 0 spiro atoms. The third kappa shape index (κ3) is 1.90. The van der Waals surface area contributed by atoms with E-state index in [9.17, 15) is 9.59 Å². The smallest absolute Gasteiger partial charge is 0.237 e. The first kappa shape index (κ1) is 13.3. The Morgan fingerprint density at radius 2 is 1.62 bits per heavy atom. The molecule has 1 aliphatic heterocycles. The molecule has 2 amide bonds. The van der Waals surface area contributed by atoms with Crippen molar-refractivity contribution in [3.63, 3.8) is 0 Å². The summed E-state index contributed by atoms with van der Waals surface area (Å²) in [7, 11) is 0. The highest BCUT2D eigenvalue weighted by Gasteiger charge is 2.52. The lowest BCUT2D eigenvalue weighted by Crippen LogP contribution is -2.32. The molecule has 2 aliphatic rings. The van der Waals surface area contributed by atoms with Crippen LogP contribution in [0.1, 0.15) is 30.9 Å². The van der Waals surface area contributed by atoms with Gasteiger partial charge in [-0.2, -0.15) is 10.5 Å². The fourth-order valence-electron chi connectivity index (χ4n) is 3.39. The first-order valence-corrected chi connectivity index (χ1v) is 6.89. The van der Waals surface area contributed by atoms with Crippen LogP contribution in [0.2, 0.25) is 0 Å². The highest BCUT2D eigenvalue weighted by atomic mass is 16.2. The summed E-state index contributed by atoms with van der Waals surface area (Å²) >= 11 is 0. The normalized spacial score (nSPS) is 27.4. The minimum atomic E-state index is -0.228. The van der Waals surface area contributed by atoms with Gasteiger partial charge in [0.05, 0.1) is 28.7 Å². The maximum Gasteiger partial charge on any atom is 0.237 e. The summed E-state index contributed by atoms with van der Waals surface area (Å²) in [6, 6.07) is 8.32. The van der Waals surface area contributed by atoms with Crippen molar-refractivity contribution < 1.29 is 9.59 Å². The van der Waals surface area contributed by atoms with Crippen LogP contribution in [0.5, 0.6) is 0 Å². The van der Waals surface area contributed by atoms with Crippen molar-refractivity contribution in [2.24, 2.45) is 17.8 Å². The highest BCUT2D eigenvalue weighted by molar-refractivity contribution is 6.22. The van der Waals surface area contributed by atoms with Gasteiger partial charge in [0.25, 0.3) is 0 Å². The Morgan fingerprint density at radius 1 is 1.05 bits per heavy atom. The summed E-state index contributed by atoms with van der Waals surface area (Å²) in [6.07, 6.45) is 1.49. The summed E-state index contributed by atoms with van der Waals surface area (Å²) in [4.78, 5) is 26.1. The molecule has 2 atom stereocenters. The first-order valence-electron chi connectivity index (χ1n) is 6.89. The number of anilines is 1. The number of carbonyl (C=O) groups excluding carboxylic acids is 2. The molecule has 0 N–H and O–H groups in total. The number of nitrogens with zero attached hydrogens (tertiary/aromatic N) is 3. The maximum atomic E-state index is 12.5. The van der Waals surface area contributed by atoms with Crippen LogP contribution in [0.15, 0.2) is 18.2 Å². The molecule has 1 aromatic carbocycles. The number of hydrogen-bond acceptors (Lipinski definition) is 4.